The predicted octanol–water partition coefficient (Wildman–Crippen LogP) is 9.06. The summed E-state index contributed by atoms with van der Waals surface area (Å²) in [4.78, 5) is 16.1. The number of amides is 1. The molecule has 1 amide bonds. The summed E-state index contributed by atoms with van der Waals surface area (Å²) in [6.07, 6.45) is 5.10. The summed E-state index contributed by atoms with van der Waals surface area (Å²) in [5, 5.41) is 12.9. The number of phenolic OH excluding ortho intramolecular Hbond substituents is 1. The van der Waals surface area contributed by atoms with E-state index in [0.29, 0.717) is 20.7 Å². The highest BCUT2D eigenvalue weighted by Crippen LogP contribution is 2.41. The van der Waals surface area contributed by atoms with Crippen LogP contribution in [-0.2, 0) is 5.54 Å². The normalized spacial score (nSPS) is 12.0. The Morgan fingerprint density at radius 3 is 2.07 bits per heavy atom. The minimum absolute atomic E-state index is 0.162. The molecule has 6 aromatic rings. The van der Waals surface area contributed by atoms with Crippen molar-refractivity contribution in [1.82, 2.24) is 9.55 Å². The van der Waals surface area contributed by atoms with Gasteiger partial charge in [-0.05, 0) is 69.5 Å². The second kappa shape index (κ2) is 13.7. The Kier molecular flexibility index (Phi) is 9.53. The van der Waals surface area contributed by atoms with Crippen LogP contribution in [0.1, 0.15) is 27.0 Å². The number of imidazole rings is 1. The number of rotatable bonds is 6. The number of carbonyl (C=O) groups is 1. The van der Waals surface area contributed by atoms with Crippen molar-refractivity contribution in [2.24, 2.45) is 0 Å². The van der Waals surface area contributed by atoms with Crippen molar-refractivity contribution < 1.29 is 18.7 Å². The second-order valence-corrected chi connectivity index (χ2v) is 10.8. The van der Waals surface area contributed by atoms with Crippen molar-refractivity contribution in [3.63, 3.8) is 0 Å². The monoisotopic (exact) mass is 671 g/mol. The summed E-state index contributed by atoms with van der Waals surface area (Å²) < 4.78 is 30.8. The quantitative estimate of drug-likeness (QED) is 0.174. The largest absolute Gasteiger partial charge is 0.506 e. The van der Waals surface area contributed by atoms with Gasteiger partial charge in [-0.25, -0.2) is 13.8 Å². The van der Waals surface area contributed by atoms with Gasteiger partial charge in [0.05, 0.1) is 21.4 Å². The third-order valence-electron chi connectivity index (χ3n) is 6.95. The Labute approximate surface area is 266 Å². The van der Waals surface area contributed by atoms with E-state index in [-0.39, 0.29) is 22.9 Å². The van der Waals surface area contributed by atoms with Crippen LogP contribution in [0.5, 0.6) is 5.75 Å². The van der Waals surface area contributed by atoms with Crippen LogP contribution in [0.4, 0.5) is 14.5 Å². The number of phenols is 1. The number of halogens is 4. The lowest BCUT2D eigenvalue weighted by Gasteiger charge is -2.37. The first-order chi connectivity index (χ1) is 21.3. The molecule has 1 atom stereocenters. The molecular formula is C35H25BrClF2N3O2. The number of nitrogens with one attached hydrogen (secondary N) is 1. The van der Waals surface area contributed by atoms with E-state index in [9.17, 15) is 14.3 Å². The Balaban J connectivity index is 0.000000187. The van der Waals surface area contributed by atoms with Crippen LogP contribution in [0, 0.1) is 11.6 Å². The van der Waals surface area contributed by atoms with Gasteiger partial charge in [-0.2, -0.15) is 0 Å². The van der Waals surface area contributed by atoms with Crippen molar-refractivity contribution in [3.8, 4) is 5.75 Å². The zero-order chi connectivity index (χ0) is 31.1. The molecule has 1 aromatic heterocycles. The van der Waals surface area contributed by atoms with Gasteiger partial charge in [0.2, 0.25) is 0 Å². The van der Waals surface area contributed by atoms with E-state index in [1.807, 2.05) is 53.1 Å². The smallest absolute Gasteiger partial charge is 0.259 e. The molecule has 0 aliphatic heterocycles. The van der Waals surface area contributed by atoms with Gasteiger partial charge in [-0.3, -0.25) is 4.79 Å². The molecule has 5 aromatic carbocycles. The molecule has 0 saturated carbocycles. The fraction of sp³-hybridized carbons (Fsp3) is 0.0286. The van der Waals surface area contributed by atoms with Crippen LogP contribution >= 0.6 is 27.5 Å². The molecule has 44 heavy (non-hydrogen) atoms. The lowest BCUT2D eigenvalue weighted by Crippen LogP contribution is -2.37. The summed E-state index contributed by atoms with van der Waals surface area (Å²) in [6, 6.07) is 34.5. The standard InChI is InChI=1S/C22H16F2N2.C13H9BrClNO2/c23-19-12-10-18(11-13-19)22(26-15-14-25-16-26,17-6-2-1-3-7-17)20-8-4-5-9-21(20)24;14-11-10(15)7-6-9(12(11)17)13(18)16-8-4-2-1-3-5-8/h1-16H;1-7,17H,(H,16,18). The first kappa shape index (κ1) is 30.7. The van der Waals surface area contributed by atoms with Crippen LogP contribution < -0.4 is 5.32 Å². The molecule has 220 valence electrons. The van der Waals surface area contributed by atoms with Crippen molar-refractivity contribution in [2.45, 2.75) is 5.54 Å². The van der Waals surface area contributed by atoms with Crippen LogP contribution in [0.15, 0.2) is 145 Å². The van der Waals surface area contributed by atoms with Gasteiger partial charge in [0.1, 0.15) is 22.9 Å². The van der Waals surface area contributed by atoms with E-state index in [1.165, 1.54) is 24.3 Å². The molecule has 0 bridgehead atoms. The number of aromatic hydroxyl groups is 1. The van der Waals surface area contributed by atoms with Gasteiger partial charge in [-0.1, -0.05) is 90.5 Å². The molecular weight excluding hydrogens is 648 g/mol. The first-order valence-electron chi connectivity index (χ1n) is 13.4. The molecule has 1 unspecified atom stereocenters. The van der Waals surface area contributed by atoms with E-state index < -0.39 is 11.4 Å². The molecule has 0 saturated heterocycles. The highest BCUT2D eigenvalue weighted by Gasteiger charge is 2.40. The summed E-state index contributed by atoms with van der Waals surface area (Å²) in [7, 11) is 0. The second-order valence-electron chi connectivity index (χ2n) is 9.61. The van der Waals surface area contributed by atoms with Crippen molar-refractivity contribution in [1.29, 1.82) is 0 Å². The van der Waals surface area contributed by atoms with E-state index >= 15 is 4.39 Å². The summed E-state index contributed by atoms with van der Waals surface area (Å²) in [5.41, 5.74) is 1.89. The molecule has 1 heterocycles. The van der Waals surface area contributed by atoms with Crippen LogP contribution in [0.25, 0.3) is 0 Å². The number of hydrogen-bond donors (Lipinski definition) is 2. The molecule has 0 aliphatic carbocycles. The molecule has 0 radical (unpaired) electrons. The lowest BCUT2D eigenvalue weighted by atomic mass is 9.76. The van der Waals surface area contributed by atoms with Gasteiger partial charge in [0.25, 0.3) is 5.91 Å². The zero-order valence-corrected chi connectivity index (χ0v) is 25.4. The van der Waals surface area contributed by atoms with Gasteiger partial charge >= 0.3 is 0 Å². The minimum atomic E-state index is -1.00. The molecule has 9 heteroatoms. The third-order valence-corrected chi connectivity index (χ3v) is 8.30. The van der Waals surface area contributed by atoms with Crippen molar-refractivity contribution in [2.75, 3.05) is 5.32 Å². The summed E-state index contributed by atoms with van der Waals surface area (Å²) in [6.45, 7) is 0. The van der Waals surface area contributed by atoms with E-state index in [2.05, 4.69) is 26.2 Å². The van der Waals surface area contributed by atoms with Crippen LogP contribution in [-0.4, -0.2) is 20.6 Å². The van der Waals surface area contributed by atoms with Gasteiger partial charge in [-0.15, -0.1) is 0 Å². The average Bonchev–Trinajstić information content (AvgIpc) is 3.59. The van der Waals surface area contributed by atoms with Crippen LogP contribution in [0.2, 0.25) is 5.02 Å². The summed E-state index contributed by atoms with van der Waals surface area (Å²) >= 11 is 8.93. The van der Waals surface area contributed by atoms with Gasteiger partial charge in [0.15, 0.2) is 0 Å². The Hall–Kier alpha value is -4.79. The SMILES string of the molecule is Fc1ccc(C(c2ccccc2)(c2ccccc2F)n2ccnc2)cc1.O=C(Nc1ccccc1)c1ccc(Cl)c(Br)c1O. The fourth-order valence-electron chi connectivity index (χ4n) is 4.94. The number of hydrogen-bond acceptors (Lipinski definition) is 3. The highest BCUT2D eigenvalue weighted by atomic mass is 79.9. The van der Waals surface area contributed by atoms with Crippen molar-refractivity contribution >= 4 is 39.1 Å². The molecule has 0 fully saturated rings. The average molecular weight is 673 g/mol. The molecule has 0 aliphatic rings. The molecule has 5 nitrogen and oxygen atoms in total. The molecule has 2 N–H and O–H groups in total. The zero-order valence-electron chi connectivity index (χ0n) is 23.0. The lowest BCUT2D eigenvalue weighted by molar-refractivity contribution is 0.102. The van der Waals surface area contributed by atoms with Gasteiger partial charge < -0.3 is 15.0 Å². The third kappa shape index (κ3) is 6.27. The Morgan fingerprint density at radius 2 is 1.43 bits per heavy atom. The highest BCUT2D eigenvalue weighted by molar-refractivity contribution is 9.10. The maximum atomic E-state index is 15.0. The number of para-hydroxylation sites is 1. The predicted molar refractivity (Wildman–Crippen MR) is 172 cm³/mol. The summed E-state index contributed by atoms with van der Waals surface area (Å²) in [5.74, 6) is -1.24. The van der Waals surface area contributed by atoms with Gasteiger partial charge in [0, 0.05) is 23.6 Å². The first-order valence-corrected chi connectivity index (χ1v) is 14.6. The molecule has 6 rings (SSSR count). The molecule has 0 spiro atoms. The van der Waals surface area contributed by atoms with Crippen molar-refractivity contribution in [3.05, 3.63) is 183 Å². The maximum absolute atomic E-state index is 15.0. The maximum Gasteiger partial charge on any atom is 0.259 e. The minimum Gasteiger partial charge on any atom is -0.506 e. The number of nitrogens with zero attached hydrogens (tertiary/aromatic N) is 2. The Bertz CT molecular complexity index is 1860. The number of aromatic nitrogens is 2. The van der Waals surface area contributed by atoms with E-state index in [4.69, 9.17) is 11.6 Å². The van der Waals surface area contributed by atoms with E-state index in [1.54, 1.807) is 67.3 Å². The fourth-order valence-corrected chi connectivity index (χ4v) is 5.44. The van der Waals surface area contributed by atoms with E-state index in [0.717, 1.165) is 11.1 Å². The number of anilines is 1. The number of carbonyl (C=O) groups excluding carboxylic acids is 1. The number of benzene rings is 5. The Morgan fingerprint density at radius 1 is 0.818 bits per heavy atom. The topological polar surface area (TPSA) is 67.2 Å². The van der Waals surface area contributed by atoms with Crippen LogP contribution in [0.3, 0.4) is 0 Å².